The van der Waals surface area contributed by atoms with Crippen molar-refractivity contribution in [2.45, 2.75) is 18.4 Å². The van der Waals surface area contributed by atoms with Gasteiger partial charge in [0.05, 0.1) is 16.8 Å². The highest BCUT2D eigenvalue weighted by Gasteiger charge is 2.39. The van der Waals surface area contributed by atoms with Crippen LogP contribution in [0.5, 0.6) is 5.75 Å². The van der Waals surface area contributed by atoms with E-state index in [0.29, 0.717) is 16.7 Å². The molecule has 0 spiro atoms. The number of allylic oxidation sites excluding steroid dienone is 2. The summed E-state index contributed by atoms with van der Waals surface area (Å²) in [6, 6.07) is 13.7. The Kier molecular flexibility index (Phi) is 4.33. The average Bonchev–Trinajstić information content (AvgIpc) is 3.12. The first-order valence-corrected chi connectivity index (χ1v) is 8.95. The zero-order valence-electron chi connectivity index (χ0n) is 13.4. The molecule has 2 aromatic rings. The van der Waals surface area contributed by atoms with Gasteiger partial charge in [-0.25, -0.2) is 0 Å². The number of benzene rings is 2. The number of nitrogens with zero attached hydrogens (tertiary/aromatic N) is 1. The van der Waals surface area contributed by atoms with Crippen molar-refractivity contribution < 1.29 is 4.74 Å². The van der Waals surface area contributed by atoms with Crippen LogP contribution in [0.2, 0.25) is 10.0 Å². The SMILES string of the molecule is N#CCOc1ccc([C@H]2Nc3c(Cl)ccc(Cl)c3[C@@H]3C=CC[C@@H]23)cc1. The van der Waals surface area contributed by atoms with Gasteiger partial charge in [-0.05, 0) is 42.2 Å². The van der Waals surface area contributed by atoms with Crippen LogP contribution >= 0.6 is 23.2 Å². The molecule has 3 nitrogen and oxygen atoms in total. The lowest BCUT2D eigenvalue weighted by Gasteiger charge is -2.38. The van der Waals surface area contributed by atoms with E-state index in [-0.39, 0.29) is 18.6 Å². The molecule has 0 amide bonds. The van der Waals surface area contributed by atoms with Crippen LogP contribution in [-0.2, 0) is 0 Å². The van der Waals surface area contributed by atoms with Crippen LogP contribution in [0.15, 0.2) is 48.6 Å². The lowest BCUT2D eigenvalue weighted by atomic mass is 9.77. The van der Waals surface area contributed by atoms with Crippen molar-refractivity contribution in [3.05, 3.63) is 69.7 Å². The lowest BCUT2D eigenvalue weighted by Crippen LogP contribution is -2.29. The van der Waals surface area contributed by atoms with E-state index < -0.39 is 0 Å². The maximum absolute atomic E-state index is 8.61. The maximum Gasteiger partial charge on any atom is 0.174 e. The monoisotopic (exact) mass is 370 g/mol. The quantitative estimate of drug-likeness (QED) is 0.702. The molecule has 1 N–H and O–H groups in total. The maximum atomic E-state index is 8.61. The second-order valence-electron chi connectivity index (χ2n) is 6.31. The topological polar surface area (TPSA) is 45.0 Å². The fourth-order valence-electron chi connectivity index (χ4n) is 3.85. The third kappa shape index (κ3) is 2.86. The molecule has 5 heteroatoms. The van der Waals surface area contributed by atoms with Crippen molar-refractivity contribution in [2.24, 2.45) is 5.92 Å². The fraction of sp³-hybridized carbons (Fsp3) is 0.250. The van der Waals surface area contributed by atoms with Gasteiger partial charge in [0.1, 0.15) is 11.8 Å². The summed E-state index contributed by atoms with van der Waals surface area (Å²) in [6.45, 7) is 0.0527. The first kappa shape index (κ1) is 16.3. The summed E-state index contributed by atoms with van der Waals surface area (Å²) < 4.78 is 5.34. The summed E-state index contributed by atoms with van der Waals surface area (Å²) in [6.07, 6.45) is 5.46. The van der Waals surface area contributed by atoms with Gasteiger partial charge in [-0.3, -0.25) is 0 Å². The van der Waals surface area contributed by atoms with E-state index in [1.165, 1.54) is 5.56 Å². The van der Waals surface area contributed by atoms with Crippen LogP contribution in [0.1, 0.15) is 29.5 Å². The van der Waals surface area contributed by atoms with Gasteiger partial charge in [-0.2, -0.15) is 5.26 Å². The standard InChI is InChI=1S/C20H16Cl2N2O/c21-16-8-9-17(22)20-18(16)14-2-1-3-15(14)19(24-20)12-4-6-13(7-5-12)25-11-10-23/h1-2,4-9,14-15,19,24H,3,11H2/t14-,15-,19-/m1/s1. The van der Waals surface area contributed by atoms with Gasteiger partial charge in [0.2, 0.25) is 0 Å². The van der Waals surface area contributed by atoms with Crippen LogP contribution in [0.3, 0.4) is 0 Å². The molecule has 2 aromatic carbocycles. The molecule has 4 rings (SSSR count). The number of fused-ring (bicyclic) bond motifs is 3. The zero-order chi connectivity index (χ0) is 17.4. The van der Waals surface area contributed by atoms with E-state index in [1.807, 2.05) is 42.5 Å². The zero-order valence-corrected chi connectivity index (χ0v) is 14.9. The third-order valence-electron chi connectivity index (χ3n) is 4.96. The predicted octanol–water partition coefficient (Wildman–Crippen LogP) is 5.72. The molecule has 0 aromatic heterocycles. The number of nitriles is 1. The van der Waals surface area contributed by atoms with E-state index in [4.69, 9.17) is 33.2 Å². The van der Waals surface area contributed by atoms with Crippen LogP contribution < -0.4 is 10.1 Å². The molecule has 25 heavy (non-hydrogen) atoms. The minimum absolute atomic E-state index is 0.0527. The minimum Gasteiger partial charge on any atom is -0.479 e. The Morgan fingerprint density at radius 2 is 1.88 bits per heavy atom. The molecule has 0 saturated heterocycles. The molecule has 0 unspecified atom stereocenters. The molecule has 0 bridgehead atoms. The van der Waals surface area contributed by atoms with Gasteiger partial charge in [-0.15, -0.1) is 0 Å². The first-order valence-electron chi connectivity index (χ1n) is 8.20. The second-order valence-corrected chi connectivity index (χ2v) is 7.12. The fourth-order valence-corrected chi connectivity index (χ4v) is 4.35. The third-order valence-corrected chi connectivity index (χ3v) is 5.60. The number of halogens is 2. The number of hydrogen-bond acceptors (Lipinski definition) is 3. The molecule has 0 fully saturated rings. The van der Waals surface area contributed by atoms with Crippen molar-refractivity contribution in [3.63, 3.8) is 0 Å². The molecular weight excluding hydrogens is 355 g/mol. The predicted molar refractivity (Wildman–Crippen MR) is 100 cm³/mol. The van der Waals surface area contributed by atoms with Crippen LogP contribution in [-0.4, -0.2) is 6.61 Å². The van der Waals surface area contributed by atoms with Crippen molar-refractivity contribution in [3.8, 4) is 11.8 Å². The smallest absolute Gasteiger partial charge is 0.174 e. The van der Waals surface area contributed by atoms with E-state index in [1.54, 1.807) is 0 Å². The minimum atomic E-state index is 0.0527. The van der Waals surface area contributed by atoms with Crippen molar-refractivity contribution >= 4 is 28.9 Å². The Hall–Kier alpha value is -2.15. The highest BCUT2D eigenvalue weighted by molar-refractivity contribution is 6.36. The van der Waals surface area contributed by atoms with Crippen LogP contribution in [0.25, 0.3) is 0 Å². The van der Waals surface area contributed by atoms with E-state index in [2.05, 4.69) is 17.5 Å². The van der Waals surface area contributed by atoms with Gasteiger partial charge < -0.3 is 10.1 Å². The van der Waals surface area contributed by atoms with E-state index in [9.17, 15) is 0 Å². The summed E-state index contributed by atoms with van der Waals surface area (Å²) in [7, 11) is 0. The van der Waals surface area contributed by atoms with Crippen molar-refractivity contribution in [1.29, 1.82) is 5.26 Å². The summed E-state index contributed by atoms with van der Waals surface area (Å²) >= 11 is 12.9. The number of rotatable bonds is 3. The largest absolute Gasteiger partial charge is 0.479 e. The molecule has 1 aliphatic carbocycles. The molecule has 0 radical (unpaired) electrons. The van der Waals surface area contributed by atoms with Crippen LogP contribution in [0, 0.1) is 17.2 Å². The number of hydrogen-bond donors (Lipinski definition) is 1. The molecule has 126 valence electrons. The van der Waals surface area contributed by atoms with Gasteiger partial charge in [0.25, 0.3) is 0 Å². The Bertz CT molecular complexity index is 871. The van der Waals surface area contributed by atoms with Crippen molar-refractivity contribution in [1.82, 2.24) is 0 Å². The first-order chi connectivity index (χ1) is 12.2. The Morgan fingerprint density at radius 3 is 2.64 bits per heavy atom. The highest BCUT2D eigenvalue weighted by Crippen LogP contribution is 2.53. The lowest BCUT2D eigenvalue weighted by molar-refractivity contribution is 0.367. The van der Waals surface area contributed by atoms with Gasteiger partial charge in [-0.1, -0.05) is 47.5 Å². The molecule has 0 saturated carbocycles. The van der Waals surface area contributed by atoms with Gasteiger partial charge in [0, 0.05) is 16.5 Å². The van der Waals surface area contributed by atoms with E-state index >= 15 is 0 Å². The van der Waals surface area contributed by atoms with Crippen molar-refractivity contribution in [2.75, 3.05) is 11.9 Å². The molecule has 2 aliphatic rings. The summed E-state index contributed by atoms with van der Waals surface area (Å²) in [5.41, 5.74) is 3.19. The molecule has 3 atom stereocenters. The van der Waals surface area contributed by atoms with Gasteiger partial charge >= 0.3 is 0 Å². The number of nitrogens with one attached hydrogen (secondary N) is 1. The number of anilines is 1. The summed E-state index contributed by atoms with van der Waals surface area (Å²) in [5.74, 6) is 1.36. The molecule has 1 aliphatic heterocycles. The number of ether oxygens (including phenoxy) is 1. The van der Waals surface area contributed by atoms with Gasteiger partial charge in [0.15, 0.2) is 6.61 Å². The molecule has 1 heterocycles. The summed E-state index contributed by atoms with van der Waals surface area (Å²) in [4.78, 5) is 0. The highest BCUT2D eigenvalue weighted by atomic mass is 35.5. The van der Waals surface area contributed by atoms with Crippen LogP contribution in [0.4, 0.5) is 5.69 Å². The Morgan fingerprint density at radius 1 is 1.12 bits per heavy atom. The second kappa shape index (κ2) is 6.63. The average molecular weight is 371 g/mol. The normalized spacial score (nSPS) is 23.3. The Labute approximate surface area is 156 Å². The molecular formula is C20H16Cl2N2O. The van der Waals surface area contributed by atoms with E-state index in [0.717, 1.165) is 22.7 Å². The summed E-state index contributed by atoms with van der Waals surface area (Å²) in [5, 5.41) is 13.7. The Balaban J connectivity index is 1.70.